The summed E-state index contributed by atoms with van der Waals surface area (Å²) in [6.45, 7) is 2.27. The lowest BCUT2D eigenvalue weighted by atomic mass is 10.2. The van der Waals surface area contributed by atoms with Crippen molar-refractivity contribution in [2.24, 2.45) is 0 Å². The predicted molar refractivity (Wildman–Crippen MR) is 68.5 cm³/mol. The van der Waals surface area contributed by atoms with Crippen LogP contribution in [0.25, 0.3) is 0 Å². The van der Waals surface area contributed by atoms with Crippen LogP contribution in [0.15, 0.2) is 18.3 Å². The van der Waals surface area contributed by atoms with E-state index in [1.165, 1.54) is 18.3 Å². The van der Waals surface area contributed by atoms with Crippen LogP contribution in [-0.2, 0) is 9.47 Å². The van der Waals surface area contributed by atoms with Crippen molar-refractivity contribution < 1.29 is 18.7 Å². The van der Waals surface area contributed by atoms with Crippen molar-refractivity contribution in [2.75, 3.05) is 33.5 Å². The molecule has 0 aliphatic carbocycles. The molecule has 1 rings (SSSR count). The van der Waals surface area contributed by atoms with Gasteiger partial charge in [-0.2, -0.15) is 4.39 Å². The van der Waals surface area contributed by atoms with Crippen LogP contribution in [0.4, 0.5) is 4.39 Å². The minimum absolute atomic E-state index is 0.0288. The summed E-state index contributed by atoms with van der Waals surface area (Å²) in [5.41, 5.74) is -0.0288. The number of pyridine rings is 1. The van der Waals surface area contributed by atoms with Gasteiger partial charge >= 0.3 is 0 Å². The van der Waals surface area contributed by atoms with Gasteiger partial charge in [-0.15, -0.1) is 0 Å². The van der Waals surface area contributed by atoms with Crippen molar-refractivity contribution in [1.82, 2.24) is 10.3 Å². The van der Waals surface area contributed by atoms with Crippen molar-refractivity contribution in [3.05, 3.63) is 29.8 Å². The predicted octanol–water partition coefficient (Wildman–Crippen LogP) is 1.39. The quantitative estimate of drug-likeness (QED) is 0.544. The fourth-order valence-corrected chi connectivity index (χ4v) is 1.43. The van der Waals surface area contributed by atoms with Crippen LogP contribution in [-0.4, -0.2) is 44.4 Å². The Morgan fingerprint density at radius 2 is 2.21 bits per heavy atom. The summed E-state index contributed by atoms with van der Waals surface area (Å²) in [6.07, 6.45) is 2.92. The zero-order valence-electron chi connectivity index (χ0n) is 11.0. The molecule has 1 aromatic heterocycles. The fraction of sp³-hybridized carbons (Fsp3) is 0.538. The number of hydrogen-bond acceptors (Lipinski definition) is 4. The molecule has 0 bridgehead atoms. The Hall–Kier alpha value is -1.53. The van der Waals surface area contributed by atoms with E-state index >= 15 is 0 Å². The molecule has 0 atom stereocenters. The SMILES string of the molecule is COCCOCCCCNC(=O)c1cccnc1F. The van der Waals surface area contributed by atoms with Crippen LogP contribution in [0.3, 0.4) is 0 Å². The smallest absolute Gasteiger partial charge is 0.255 e. The Kier molecular flexibility index (Phi) is 7.69. The Bertz CT molecular complexity index is 388. The highest BCUT2D eigenvalue weighted by Crippen LogP contribution is 2.02. The van der Waals surface area contributed by atoms with Crippen LogP contribution in [0, 0.1) is 5.95 Å². The van der Waals surface area contributed by atoms with E-state index in [-0.39, 0.29) is 5.56 Å². The number of nitrogens with zero attached hydrogens (tertiary/aromatic N) is 1. The van der Waals surface area contributed by atoms with Gasteiger partial charge in [0.15, 0.2) is 0 Å². The van der Waals surface area contributed by atoms with E-state index in [1.54, 1.807) is 7.11 Å². The molecule has 0 aromatic carbocycles. The molecule has 19 heavy (non-hydrogen) atoms. The summed E-state index contributed by atoms with van der Waals surface area (Å²) in [5, 5.41) is 2.64. The molecule has 0 saturated heterocycles. The van der Waals surface area contributed by atoms with E-state index in [9.17, 15) is 9.18 Å². The molecule has 1 amide bonds. The lowest BCUT2D eigenvalue weighted by Gasteiger charge is -2.06. The Balaban J connectivity index is 2.10. The first-order valence-corrected chi connectivity index (χ1v) is 6.21. The molecular formula is C13H19FN2O3. The van der Waals surface area contributed by atoms with Crippen LogP contribution in [0.2, 0.25) is 0 Å². The topological polar surface area (TPSA) is 60.5 Å². The first kappa shape index (κ1) is 15.5. The Labute approximate surface area is 112 Å². The van der Waals surface area contributed by atoms with Crippen LogP contribution >= 0.6 is 0 Å². The van der Waals surface area contributed by atoms with Crippen molar-refractivity contribution in [3.8, 4) is 0 Å². The van der Waals surface area contributed by atoms with Gasteiger partial charge in [-0.1, -0.05) is 0 Å². The zero-order valence-corrected chi connectivity index (χ0v) is 11.0. The number of carbonyl (C=O) groups is 1. The van der Waals surface area contributed by atoms with E-state index in [0.717, 1.165) is 12.8 Å². The van der Waals surface area contributed by atoms with Crippen LogP contribution < -0.4 is 5.32 Å². The van der Waals surface area contributed by atoms with Crippen molar-refractivity contribution in [2.45, 2.75) is 12.8 Å². The van der Waals surface area contributed by atoms with E-state index < -0.39 is 11.9 Å². The molecule has 106 valence electrons. The minimum Gasteiger partial charge on any atom is -0.382 e. The Morgan fingerprint density at radius 3 is 2.95 bits per heavy atom. The average Bonchev–Trinajstić information content (AvgIpc) is 2.42. The van der Waals surface area contributed by atoms with E-state index in [2.05, 4.69) is 10.3 Å². The second-order valence-electron chi connectivity index (χ2n) is 3.91. The number of aromatic nitrogens is 1. The summed E-state index contributed by atoms with van der Waals surface area (Å²) in [6, 6.07) is 2.94. The lowest BCUT2D eigenvalue weighted by molar-refractivity contribution is 0.0686. The fourth-order valence-electron chi connectivity index (χ4n) is 1.43. The highest BCUT2D eigenvalue weighted by atomic mass is 19.1. The largest absolute Gasteiger partial charge is 0.382 e. The van der Waals surface area contributed by atoms with Crippen molar-refractivity contribution in [3.63, 3.8) is 0 Å². The number of unbranched alkanes of at least 4 members (excludes halogenated alkanes) is 1. The van der Waals surface area contributed by atoms with Crippen molar-refractivity contribution in [1.29, 1.82) is 0 Å². The van der Waals surface area contributed by atoms with Gasteiger partial charge in [-0.3, -0.25) is 4.79 Å². The molecule has 0 unspecified atom stereocenters. The summed E-state index contributed by atoms with van der Waals surface area (Å²) < 4.78 is 23.3. The minimum atomic E-state index is -0.747. The molecule has 0 aliphatic heterocycles. The van der Waals surface area contributed by atoms with Crippen LogP contribution in [0.5, 0.6) is 0 Å². The number of amides is 1. The van der Waals surface area contributed by atoms with Gasteiger partial charge in [0.2, 0.25) is 5.95 Å². The molecule has 0 aliphatic rings. The molecule has 0 radical (unpaired) electrons. The highest BCUT2D eigenvalue weighted by molar-refractivity contribution is 5.94. The number of halogens is 1. The number of methoxy groups -OCH3 is 1. The highest BCUT2D eigenvalue weighted by Gasteiger charge is 2.10. The second-order valence-corrected chi connectivity index (χ2v) is 3.91. The molecule has 0 fully saturated rings. The molecule has 1 N–H and O–H groups in total. The van der Waals surface area contributed by atoms with Gasteiger partial charge in [0, 0.05) is 26.5 Å². The monoisotopic (exact) mass is 270 g/mol. The molecule has 1 heterocycles. The lowest BCUT2D eigenvalue weighted by Crippen LogP contribution is -2.25. The third kappa shape index (κ3) is 6.26. The third-order valence-electron chi connectivity index (χ3n) is 2.44. The Morgan fingerprint density at radius 1 is 1.37 bits per heavy atom. The maximum Gasteiger partial charge on any atom is 0.255 e. The van der Waals surface area contributed by atoms with Gasteiger partial charge in [0.05, 0.1) is 18.8 Å². The number of nitrogens with one attached hydrogen (secondary N) is 1. The number of carbonyl (C=O) groups excluding carboxylic acids is 1. The summed E-state index contributed by atoms with van der Waals surface area (Å²) in [7, 11) is 1.62. The number of ether oxygens (including phenoxy) is 2. The zero-order chi connectivity index (χ0) is 13.9. The van der Waals surface area contributed by atoms with E-state index in [0.29, 0.717) is 26.4 Å². The average molecular weight is 270 g/mol. The standard InChI is InChI=1S/C13H19FN2O3/c1-18-9-10-19-8-3-2-6-16-13(17)11-5-4-7-15-12(11)14/h4-5,7H,2-3,6,8-10H2,1H3,(H,16,17). The summed E-state index contributed by atoms with van der Waals surface area (Å²) >= 11 is 0. The normalized spacial score (nSPS) is 10.4. The first-order valence-electron chi connectivity index (χ1n) is 6.21. The molecule has 5 nitrogen and oxygen atoms in total. The van der Waals surface area contributed by atoms with Gasteiger partial charge < -0.3 is 14.8 Å². The van der Waals surface area contributed by atoms with Gasteiger partial charge in [0.1, 0.15) is 0 Å². The molecular weight excluding hydrogens is 251 g/mol. The van der Waals surface area contributed by atoms with Gasteiger partial charge in [0.25, 0.3) is 5.91 Å². The maximum atomic E-state index is 13.2. The summed E-state index contributed by atoms with van der Waals surface area (Å²) in [4.78, 5) is 15.0. The second kappa shape index (κ2) is 9.41. The molecule has 1 aromatic rings. The molecule has 6 heteroatoms. The number of hydrogen-bond donors (Lipinski definition) is 1. The third-order valence-corrected chi connectivity index (χ3v) is 2.44. The van der Waals surface area contributed by atoms with Gasteiger partial charge in [-0.05, 0) is 25.0 Å². The maximum absolute atomic E-state index is 13.2. The molecule has 0 spiro atoms. The van der Waals surface area contributed by atoms with Crippen LogP contribution in [0.1, 0.15) is 23.2 Å². The van der Waals surface area contributed by atoms with Gasteiger partial charge in [-0.25, -0.2) is 4.98 Å². The van der Waals surface area contributed by atoms with Crippen molar-refractivity contribution >= 4 is 5.91 Å². The number of rotatable bonds is 9. The van der Waals surface area contributed by atoms with E-state index in [1.807, 2.05) is 0 Å². The molecule has 0 saturated carbocycles. The summed E-state index contributed by atoms with van der Waals surface area (Å²) in [5.74, 6) is -1.19. The first-order chi connectivity index (χ1) is 9.25. The van der Waals surface area contributed by atoms with E-state index in [4.69, 9.17) is 9.47 Å².